The van der Waals surface area contributed by atoms with Gasteiger partial charge in [-0.2, -0.15) is 0 Å². The molecule has 2 aromatic rings. The lowest BCUT2D eigenvalue weighted by Crippen LogP contribution is -2.33. The molecule has 0 saturated carbocycles. The second-order valence-corrected chi connectivity index (χ2v) is 12.5. The molecule has 16 heteroatoms. The van der Waals surface area contributed by atoms with Gasteiger partial charge in [-0.05, 0) is 22.3 Å². The largest absolute Gasteiger partial charge is 0.449 e. The Bertz CT molecular complexity index is 1400. The first-order valence-electron chi connectivity index (χ1n) is 19.5. The summed E-state index contributed by atoms with van der Waals surface area (Å²) in [4.78, 5) is 36.2. The summed E-state index contributed by atoms with van der Waals surface area (Å²) in [5.74, 6) is -0.591. The van der Waals surface area contributed by atoms with Crippen molar-refractivity contribution in [1.82, 2.24) is 10.2 Å². The number of nitrogens with one attached hydrogen (secondary N) is 1. The zero-order valence-corrected chi connectivity index (χ0v) is 32.8. The Kier molecular flexibility index (Phi) is 23.7. The van der Waals surface area contributed by atoms with Crippen LogP contribution in [0.4, 0.5) is 4.79 Å². The van der Waals surface area contributed by atoms with Gasteiger partial charge in [0, 0.05) is 24.6 Å². The second kappa shape index (κ2) is 29.4. The van der Waals surface area contributed by atoms with E-state index in [4.69, 9.17) is 52.1 Å². The summed E-state index contributed by atoms with van der Waals surface area (Å²) in [6.45, 7) is 9.58. The third-order valence-corrected chi connectivity index (χ3v) is 8.57. The number of amides is 3. The van der Waals surface area contributed by atoms with E-state index >= 15 is 0 Å². The number of alkyl carbamates (subject to hydrolysis) is 1. The Morgan fingerprint density at radius 3 is 1.19 bits per heavy atom. The van der Waals surface area contributed by atoms with Crippen LogP contribution in [0.1, 0.15) is 17.0 Å². The van der Waals surface area contributed by atoms with E-state index in [0.717, 1.165) is 4.90 Å². The Balaban J connectivity index is 0.781. The first-order valence-corrected chi connectivity index (χ1v) is 19.5. The minimum Gasteiger partial charge on any atom is -0.449 e. The molecule has 316 valence electrons. The van der Waals surface area contributed by atoms with E-state index in [1.54, 1.807) is 0 Å². The van der Waals surface area contributed by atoms with Crippen LogP contribution in [0.2, 0.25) is 0 Å². The number of benzene rings is 2. The second-order valence-electron chi connectivity index (χ2n) is 12.5. The average Bonchev–Trinajstić information content (AvgIpc) is 3.73. The molecule has 0 aromatic heterocycles. The number of hydrogen-bond donors (Lipinski definition) is 1. The van der Waals surface area contributed by atoms with E-state index in [0.29, 0.717) is 132 Å². The highest BCUT2D eigenvalue weighted by Gasteiger charge is 2.29. The lowest BCUT2D eigenvalue weighted by atomic mass is 9.98. The van der Waals surface area contributed by atoms with Crippen molar-refractivity contribution in [2.45, 2.75) is 5.92 Å². The fourth-order valence-electron chi connectivity index (χ4n) is 5.76. The van der Waals surface area contributed by atoms with Gasteiger partial charge in [0.05, 0.1) is 139 Å². The number of hydrogen-bond acceptors (Lipinski definition) is 14. The van der Waals surface area contributed by atoms with Crippen molar-refractivity contribution >= 4 is 17.9 Å². The number of imide groups is 1. The maximum absolute atomic E-state index is 12.2. The van der Waals surface area contributed by atoms with E-state index in [2.05, 4.69) is 29.6 Å². The van der Waals surface area contributed by atoms with Crippen LogP contribution in [-0.2, 0) is 61.7 Å². The van der Waals surface area contributed by atoms with Crippen LogP contribution in [0.15, 0.2) is 60.7 Å². The molecule has 0 radical (unpaired) electrons. The van der Waals surface area contributed by atoms with Gasteiger partial charge < -0.3 is 57.4 Å². The third-order valence-electron chi connectivity index (χ3n) is 8.57. The first-order chi connectivity index (χ1) is 28.1. The van der Waals surface area contributed by atoms with Gasteiger partial charge >= 0.3 is 6.09 Å². The van der Waals surface area contributed by atoms with Crippen LogP contribution in [0.25, 0.3) is 11.1 Å². The maximum atomic E-state index is 12.2. The predicted molar refractivity (Wildman–Crippen MR) is 207 cm³/mol. The quantitative estimate of drug-likeness (QED) is 0.0798. The molecule has 57 heavy (non-hydrogen) atoms. The molecule has 0 bridgehead atoms. The number of carbonyl (C=O) groups excluding carboxylic acids is 3. The molecular formula is C41H58N2O14. The topological polar surface area (TPSA) is 168 Å². The molecule has 1 heterocycles. The van der Waals surface area contributed by atoms with Gasteiger partial charge in [-0.1, -0.05) is 48.5 Å². The van der Waals surface area contributed by atoms with E-state index in [1.807, 2.05) is 24.3 Å². The highest BCUT2D eigenvalue weighted by atomic mass is 16.6. The molecule has 3 amide bonds. The lowest BCUT2D eigenvalue weighted by Gasteiger charge is -2.14. The van der Waals surface area contributed by atoms with Crippen molar-refractivity contribution in [2.75, 3.05) is 152 Å². The molecule has 1 aliphatic carbocycles. The SMILES string of the molecule is O=C(NCCOCCOCCOCCOCCOCCOCCOCCOCCOCCOCCN1C(=O)C=CC1=O)OCC1c2ccccc2-c2ccccc21. The number of ether oxygens (including phenoxy) is 11. The highest BCUT2D eigenvalue weighted by Crippen LogP contribution is 2.44. The molecule has 16 nitrogen and oxygen atoms in total. The van der Waals surface area contributed by atoms with Crippen molar-refractivity contribution in [3.8, 4) is 11.1 Å². The van der Waals surface area contributed by atoms with Gasteiger partial charge in [0.25, 0.3) is 11.8 Å². The van der Waals surface area contributed by atoms with Crippen LogP contribution in [0.3, 0.4) is 0 Å². The highest BCUT2D eigenvalue weighted by molar-refractivity contribution is 6.12. The first kappa shape index (κ1) is 45.9. The maximum Gasteiger partial charge on any atom is 0.407 e. The van der Waals surface area contributed by atoms with E-state index in [9.17, 15) is 14.4 Å². The summed E-state index contributed by atoms with van der Waals surface area (Å²) in [6, 6.07) is 16.5. The Labute approximate surface area is 334 Å². The number of nitrogens with zero attached hydrogens (tertiary/aromatic N) is 1. The summed E-state index contributed by atoms with van der Waals surface area (Å²) in [5, 5.41) is 2.74. The van der Waals surface area contributed by atoms with Crippen molar-refractivity contribution in [1.29, 1.82) is 0 Å². The molecule has 2 aliphatic rings. The molecule has 0 fully saturated rings. The van der Waals surface area contributed by atoms with E-state index in [-0.39, 0.29) is 37.5 Å². The van der Waals surface area contributed by atoms with Gasteiger partial charge in [-0.15, -0.1) is 0 Å². The van der Waals surface area contributed by atoms with Crippen molar-refractivity contribution < 1.29 is 66.5 Å². The average molecular weight is 803 g/mol. The number of rotatable bonds is 35. The zero-order valence-electron chi connectivity index (χ0n) is 32.8. The van der Waals surface area contributed by atoms with Crippen LogP contribution in [0.5, 0.6) is 0 Å². The number of fused-ring (bicyclic) bond motifs is 3. The normalized spacial score (nSPS) is 13.4. The standard InChI is InChI=1S/C41H58N2O14/c44-39-9-10-40(45)43(39)12-14-48-16-18-50-20-22-52-24-26-54-28-30-56-32-31-55-29-27-53-25-23-51-21-19-49-17-15-47-13-11-42-41(46)57-33-38-36-7-3-1-5-34(36)35-6-2-4-8-37(35)38/h1-10,38H,11-33H2,(H,42,46). The molecule has 1 N–H and O–H groups in total. The molecular weight excluding hydrogens is 744 g/mol. The zero-order chi connectivity index (χ0) is 40.0. The van der Waals surface area contributed by atoms with E-state index < -0.39 is 6.09 Å². The van der Waals surface area contributed by atoms with Crippen molar-refractivity contribution in [2.24, 2.45) is 0 Å². The summed E-state index contributed by atoms with van der Waals surface area (Å²) >= 11 is 0. The monoisotopic (exact) mass is 802 g/mol. The van der Waals surface area contributed by atoms with Gasteiger partial charge in [0.2, 0.25) is 0 Å². The van der Waals surface area contributed by atoms with Crippen LogP contribution in [-0.4, -0.2) is 175 Å². The van der Waals surface area contributed by atoms with Crippen LogP contribution < -0.4 is 5.32 Å². The molecule has 0 atom stereocenters. The third kappa shape index (κ3) is 18.5. The minimum atomic E-state index is -0.459. The fourth-order valence-corrected chi connectivity index (χ4v) is 5.76. The summed E-state index contributed by atoms with van der Waals surface area (Å²) in [5.41, 5.74) is 4.75. The fraction of sp³-hybridized carbons (Fsp3) is 0.585. The van der Waals surface area contributed by atoms with Crippen molar-refractivity contribution in [3.63, 3.8) is 0 Å². The molecule has 4 rings (SSSR count). The van der Waals surface area contributed by atoms with Gasteiger partial charge in [-0.3, -0.25) is 14.5 Å². The number of carbonyl (C=O) groups is 3. The molecule has 0 unspecified atom stereocenters. The molecule has 1 aliphatic heterocycles. The van der Waals surface area contributed by atoms with Crippen LogP contribution in [0, 0.1) is 0 Å². The molecule has 2 aromatic carbocycles. The van der Waals surface area contributed by atoms with Gasteiger partial charge in [0.15, 0.2) is 0 Å². The Morgan fingerprint density at radius 1 is 0.474 bits per heavy atom. The summed E-state index contributed by atoms with van der Waals surface area (Å²) in [6.07, 6.45) is 2.05. The van der Waals surface area contributed by atoms with E-state index in [1.165, 1.54) is 34.4 Å². The molecule has 0 spiro atoms. The molecule has 0 saturated heterocycles. The van der Waals surface area contributed by atoms with Gasteiger partial charge in [0.1, 0.15) is 6.61 Å². The van der Waals surface area contributed by atoms with Crippen LogP contribution >= 0.6 is 0 Å². The minimum absolute atomic E-state index is 0.0307. The smallest absolute Gasteiger partial charge is 0.407 e. The lowest BCUT2D eigenvalue weighted by molar-refractivity contribution is -0.137. The Morgan fingerprint density at radius 2 is 0.807 bits per heavy atom. The summed E-state index contributed by atoms with van der Waals surface area (Å²) in [7, 11) is 0. The van der Waals surface area contributed by atoms with Gasteiger partial charge in [-0.25, -0.2) is 4.79 Å². The predicted octanol–water partition coefficient (Wildman–Crippen LogP) is 2.62. The summed E-state index contributed by atoms with van der Waals surface area (Å²) < 4.78 is 60.3. The Hall–Kier alpha value is -3.81. The van der Waals surface area contributed by atoms with Crippen molar-refractivity contribution in [3.05, 3.63) is 71.8 Å².